The number of nitrogens with zero attached hydrogens (tertiary/aromatic N) is 2. The van der Waals surface area contributed by atoms with Crippen LogP contribution in [0.1, 0.15) is 17.5 Å². The Bertz CT molecular complexity index is 337. The van der Waals surface area contributed by atoms with E-state index in [1.165, 1.54) is 11.1 Å². The highest BCUT2D eigenvalue weighted by Gasteiger charge is 2.01. The van der Waals surface area contributed by atoms with Gasteiger partial charge < -0.3 is 4.90 Å². The maximum Gasteiger partial charge on any atom is 0.0669 e. The average Bonchev–Trinajstić information content (AvgIpc) is 2.20. The number of hydrogen-bond acceptors (Lipinski definition) is 2. The summed E-state index contributed by atoms with van der Waals surface area (Å²) in [5.41, 5.74) is 2.50. The Kier molecular flexibility index (Phi) is 4.86. The van der Waals surface area contributed by atoms with Gasteiger partial charge in [0, 0.05) is 0 Å². The summed E-state index contributed by atoms with van der Waals surface area (Å²) in [4.78, 5) is 2.19. The third-order valence-electron chi connectivity index (χ3n) is 2.44. The van der Waals surface area contributed by atoms with Crippen molar-refractivity contribution in [2.75, 3.05) is 20.6 Å². The predicted molar refractivity (Wildman–Crippen MR) is 62.6 cm³/mol. The van der Waals surface area contributed by atoms with Gasteiger partial charge in [-0.05, 0) is 44.6 Å². The molecule has 1 rings (SSSR count). The third kappa shape index (κ3) is 4.14. The normalized spacial score (nSPS) is 10.3. The molecule has 1 aromatic carbocycles. The number of aryl methyl sites for hydroxylation is 1. The Hall–Kier alpha value is -1.33. The van der Waals surface area contributed by atoms with Gasteiger partial charge in [-0.15, -0.1) is 0 Å². The molecule has 0 aliphatic rings. The van der Waals surface area contributed by atoms with Crippen molar-refractivity contribution in [2.24, 2.45) is 0 Å². The molecule has 0 amide bonds. The van der Waals surface area contributed by atoms with E-state index in [-0.39, 0.29) is 0 Å². The van der Waals surface area contributed by atoms with Crippen LogP contribution in [-0.2, 0) is 12.8 Å². The molecule has 1 aromatic rings. The Morgan fingerprint density at radius 3 is 2.47 bits per heavy atom. The lowest BCUT2D eigenvalue weighted by atomic mass is 10.0. The summed E-state index contributed by atoms with van der Waals surface area (Å²) in [5.74, 6) is 0. The minimum Gasteiger partial charge on any atom is -0.309 e. The maximum absolute atomic E-state index is 8.70. The lowest BCUT2D eigenvalue weighted by Crippen LogP contribution is -2.13. The van der Waals surface area contributed by atoms with E-state index in [1.54, 1.807) is 0 Å². The van der Waals surface area contributed by atoms with Gasteiger partial charge in [0.2, 0.25) is 0 Å². The molecule has 0 unspecified atom stereocenters. The second kappa shape index (κ2) is 6.21. The molecule has 0 aromatic heterocycles. The largest absolute Gasteiger partial charge is 0.309 e. The molecule has 0 aliphatic carbocycles. The Balaban J connectivity index is 2.56. The van der Waals surface area contributed by atoms with Crippen LogP contribution in [0.3, 0.4) is 0 Å². The molecule has 0 radical (unpaired) electrons. The first-order valence-corrected chi connectivity index (χ1v) is 5.32. The third-order valence-corrected chi connectivity index (χ3v) is 2.44. The zero-order valence-corrected chi connectivity index (χ0v) is 9.53. The monoisotopic (exact) mass is 202 g/mol. The predicted octanol–water partition coefficient (Wildman–Crippen LogP) is 2.25. The average molecular weight is 202 g/mol. The maximum atomic E-state index is 8.70. The van der Waals surface area contributed by atoms with E-state index in [0.29, 0.717) is 6.42 Å². The van der Waals surface area contributed by atoms with Crippen LogP contribution in [0.15, 0.2) is 24.3 Å². The van der Waals surface area contributed by atoms with Gasteiger partial charge in [-0.1, -0.05) is 24.3 Å². The van der Waals surface area contributed by atoms with E-state index in [1.807, 2.05) is 18.2 Å². The van der Waals surface area contributed by atoms with E-state index in [2.05, 4.69) is 31.1 Å². The lowest BCUT2D eigenvalue weighted by molar-refractivity contribution is 0.400. The fourth-order valence-corrected chi connectivity index (χ4v) is 1.64. The van der Waals surface area contributed by atoms with Gasteiger partial charge in [-0.3, -0.25) is 0 Å². The quantitative estimate of drug-likeness (QED) is 0.732. The summed E-state index contributed by atoms with van der Waals surface area (Å²) in [5, 5.41) is 8.70. The van der Waals surface area contributed by atoms with E-state index < -0.39 is 0 Å². The molecule has 0 aliphatic heterocycles. The molecule has 2 heteroatoms. The molecule has 0 saturated heterocycles. The first kappa shape index (κ1) is 11.7. The summed E-state index contributed by atoms with van der Waals surface area (Å²) in [6, 6.07) is 10.4. The van der Waals surface area contributed by atoms with E-state index in [4.69, 9.17) is 5.26 Å². The van der Waals surface area contributed by atoms with Gasteiger partial charge >= 0.3 is 0 Å². The van der Waals surface area contributed by atoms with Crippen LogP contribution in [-0.4, -0.2) is 25.5 Å². The number of nitriles is 1. The van der Waals surface area contributed by atoms with Crippen LogP contribution in [0.4, 0.5) is 0 Å². The van der Waals surface area contributed by atoms with Crippen molar-refractivity contribution >= 4 is 0 Å². The van der Waals surface area contributed by atoms with Crippen LogP contribution < -0.4 is 0 Å². The van der Waals surface area contributed by atoms with Crippen LogP contribution in [0.5, 0.6) is 0 Å². The Morgan fingerprint density at radius 2 is 1.87 bits per heavy atom. The van der Waals surface area contributed by atoms with Crippen molar-refractivity contribution in [1.29, 1.82) is 5.26 Å². The van der Waals surface area contributed by atoms with Gasteiger partial charge in [0.15, 0.2) is 0 Å². The molecule has 0 bridgehead atoms. The molecular weight excluding hydrogens is 184 g/mol. The standard InChI is InChI=1S/C13H18N2/c1-15(2)11-5-8-12-6-3-4-7-13(12)9-10-14/h3-4,6-7H,5,8-9,11H2,1-2H3. The highest BCUT2D eigenvalue weighted by atomic mass is 15.0. The molecule has 0 fully saturated rings. The molecule has 80 valence electrons. The Morgan fingerprint density at radius 1 is 1.20 bits per heavy atom. The number of benzene rings is 1. The van der Waals surface area contributed by atoms with Crippen LogP contribution in [0.25, 0.3) is 0 Å². The topological polar surface area (TPSA) is 27.0 Å². The fraction of sp³-hybridized carbons (Fsp3) is 0.462. The molecular formula is C13H18N2. The van der Waals surface area contributed by atoms with Crippen molar-refractivity contribution in [3.63, 3.8) is 0 Å². The van der Waals surface area contributed by atoms with Crippen LogP contribution in [0.2, 0.25) is 0 Å². The summed E-state index contributed by atoms with van der Waals surface area (Å²) >= 11 is 0. The van der Waals surface area contributed by atoms with E-state index in [0.717, 1.165) is 19.4 Å². The summed E-state index contributed by atoms with van der Waals surface area (Å²) in [6.07, 6.45) is 2.74. The molecule has 0 heterocycles. The van der Waals surface area contributed by atoms with Crippen molar-refractivity contribution in [2.45, 2.75) is 19.3 Å². The first-order chi connectivity index (χ1) is 7.24. The van der Waals surface area contributed by atoms with Gasteiger partial charge in [0.1, 0.15) is 0 Å². The summed E-state index contributed by atoms with van der Waals surface area (Å²) in [7, 11) is 4.17. The summed E-state index contributed by atoms with van der Waals surface area (Å²) in [6.45, 7) is 1.10. The SMILES string of the molecule is CN(C)CCCc1ccccc1CC#N. The van der Waals surface area contributed by atoms with Crippen LogP contribution >= 0.6 is 0 Å². The highest BCUT2D eigenvalue weighted by Crippen LogP contribution is 2.11. The van der Waals surface area contributed by atoms with Crippen molar-refractivity contribution in [3.05, 3.63) is 35.4 Å². The minimum atomic E-state index is 0.526. The Labute approximate surface area is 92.1 Å². The first-order valence-electron chi connectivity index (χ1n) is 5.32. The zero-order chi connectivity index (χ0) is 11.1. The van der Waals surface area contributed by atoms with E-state index in [9.17, 15) is 0 Å². The number of rotatable bonds is 5. The fourth-order valence-electron chi connectivity index (χ4n) is 1.64. The molecule has 0 atom stereocenters. The van der Waals surface area contributed by atoms with Crippen LogP contribution in [0, 0.1) is 11.3 Å². The summed E-state index contributed by atoms with van der Waals surface area (Å²) < 4.78 is 0. The zero-order valence-electron chi connectivity index (χ0n) is 9.53. The molecule has 0 spiro atoms. The minimum absolute atomic E-state index is 0.526. The van der Waals surface area contributed by atoms with E-state index >= 15 is 0 Å². The van der Waals surface area contributed by atoms with Crippen molar-refractivity contribution in [3.8, 4) is 6.07 Å². The van der Waals surface area contributed by atoms with Gasteiger partial charge in [0.25, 0.3) is 0 Å². The molecule has 0 saturated carbocycles. The molecule has 0 N–H and O–H groups in total. The lowest BCUT2D eigenvalue weighted by Gasteiger charge is -2.10. The second-order valence-corrected chi connectivity index (χ2v) is 4.01. The smallest absolute Gasteiger partial charge is 0.0669 e. The van der Waals surface area contributed by atoms with Crippen molar-refractivity contribution < 1.29 is 0 Å². The van der Waals surface area contributed by atoms with Gasteiger partial charge in [-0.2, -0.15) is 5.26 Å². The van der Waals surface area contributed by atoms with Gasteiger partial charge in [-0.25, -0.2) is 0 Å². The molecule has 15 heavy (non-hydrogen) atoms. The molecule has 2 nitrogen and oxygen atoms in total. The second-order valence-electron chi connectivity index (χ2n) is 4.01. The number of hydrogen-bond donors (Lipinski definition) is 0. The van der Waals surface area contributed by atoms with Gasteiger partial charge in [0.05, 0.1) is 12.5 Å². The highest BCUT2D eigenvalue weighted by molar-refractivity contribution is 5.29. The van der Waals surface area contributed by atoms with Crippen molar-refractivity contribution in [1.82, 2.24) is 4.90 Å².